The smallest absolute Gasteiger partial charge is 0.249 e. The van der Waals surface area contributed by atoms with Gasteiger partial charge in [0, 0.05) is 31.4 Å². The first-order valence-corrected chi connectivity index (χ1v) is 8.63. The average molecular weight is 340 g/mol. The highest BCUT2D eigenvalue weighted by Gasteiger charge is 2.33. The Morgan fingerprint density at radius 1 is 1.36 bits per heavy atom. The van der Waals surface area contributed by atoms with Gasteiger partial charge in [0.15, 0.2) is 0 Å². The van der Waals surface area contributed by atoms with E-state index in [-0.39, 0.29) is 17.9 Å². The number of amides is 2. The Kier molecular flexibility index (Phi) is 4.88. The molecule has 1 aromatic heterocycles. The fourth-order valence-corrected chi connectivity index (χ4v) is 3.34. The summed E-state index contributed by atoms with van der Waals surface area (Å²) in [5, 5.41) is 6.92. The van der Waals surface area contributed by atoms with E-state index >= 15 is 0 Å². The minimum absolute atomic E-state index is 0.0628. The third kappa shape index (κ3) is 3.73. The lowest BCUT2D eigenvalue weighted by Crippen LogP contribution is -2.49. The van der Waals surface area contributed by atoms with E-state index in [0.717, 1.165) is 17.7 Å². The largest absolute Gasteiger partial charge is 0.345 e. The molecule has 0 aliphatic carbocycles. The van der Waals surface area contributed by atoms with Gasteiger partial charge >= 0.3 is 0 Å². The number of nitrogens with one attached hydrogen (secondary N) is 1. The highest BCUT2D eigenvalue weighted by molar-refractivity contribution is 6.01. The van der Waals surface area contributed by atoms with Crippen LogP contribution in [0.25, 0.3) is 0 Å². The first-order valence-electron chi connectivity index (χ1n) is 8.63. The SMILES string of the molecule is CC(NC(=O)CCc1cnn(C)c1)C(=O)N1c2ccccc2CC1C. The number of hydrogen-bond donors (Lipinski definition) is 1. The highest BCUT2D eigenvalue weighted by Crippen LogP contribution is 2.32. The summed E-state index contributed by atoms with van der Waals surface area (Å²) in [7, 11) is 1.85. The van der Waals surface area contributed by atoms with Crippen LogP contribution in [-0.2, 0) is 29.5 Å². The number of carbonyl (C=O) groups is 2. The van der Waals surface area contributed by atoms with Crippen molar-refractivity contribution in [3.8, 4) is 0 Å². The molecule has 1 aromatic carbocycles. The molecule has 6 heteroatoms. The molecule has 0 saturated heterocycles. The lowest BCUT2D eigenvalue weighted by atomic mass is 10.1. The van der Waals surface area contributed by atoms with Crippen LogP contribution in [0.1, 0.15) is 31.4 Å². The maximum atomic E-state index is 12.8. The molecule has 2 heterocycles. The molecule has 2 aromatic rings. The number of carbonyl (C=O) groups excluding carboxylic acids is 2. The predicted molar refractivity (Wildman–Crippen MR) is 96.2 cm³/mol. The van der Waals surface area contributed by atoms with E-state index in [2.05, 4.69) is 16.5 Å². The molecule has 6 nitrogen and oxygen atoms in total. The number of aromatic nitrogens is 2. The number of anilines is 1. The van der Waals surface area contributed by atoms with Gasteiger partial charge in [0.1, 0.15) is 6.04 Å². The number of fused-ring (bicyclic) bond motifs is 1. The van der Waals surface area contributed by atoms with Crippen molar-refractivity contribution in [2.45, 2.75) is 45.2 Å². The van der Waals surface area contributed by atoms with Gasteiger partial charge < -0.3 is 10.2 Å². The second kappa shape index (κ2) is 7.09. The van der Waals surface area contributed by atoms with Crippen molar-refractivity contribution < 1.29 is 9.59 Å². The summed E-state index contributed by atoms with van der Waals surface area (Å²) in [6.45, 7) is 3.78. The number of aryl methyl sites for hydroxylation is 2. The minimum atomic E-state index is -0.546. The average Bonchev–Trinajstić information content (AvgIpc) is 3.14. The van der Waals surface area contributed by atoms with Gasteiger partial charge in [-0.15, -0.1) is 0 Å². The molecule has 2 unspecified atom stereocenters. The summed E-state index contributed by atoms with van der Waals surface area (Å²) in [6, 6.07) is 7.51. The molecular formula is C19H24N4O2. The van der Waals surface area contributed by atoms with E-state index in [0.29, 0.717) is 12.8 Å². The zero-order valence-corrected chi connectivity index (χ0v) is 14.9. The van der Waals surface area contributed by atoms with Crippen molar-refractivity contribution >= 4 is 17.5 Å². The summed E-state index contributed by atoms with van der Waals surface area (Å²) in [5.41, 5.74) is 3.15. The van der Waals surface area contributed by atoms with E-state index in [1.165, 1.54) is 5.56 Å². The molecule has 0 fully saturated rings. The van der Waals surface area contributed by atoms with Crippen molar-refractivity contribution in [2.24, 2.45) is 7.05 Å². The van der Waals surface area contributed by atoms with E-state index in [1.54, 1.807) is 22.7 Å². The standard InChI is InChI=1S/C19H24N4O2/c1-13-10-16-6-4-5-7-17(16)23(13)19(25)14(2)21-18(24)9-8-15-11-20-22(3)12-15/h4-7,11-14H,8-10H2,1-3H3,(H,21,24). The van der Waals surface area contributed by atoms with E-state index in [4.69, 9.17) is 0 Å². The van der Waals surface area contributed by atoms with Gasteiger partial charge in [-0.2, -0.15) is 5.10 Å². The Hall–Kier alpha value is -2.63. The Morgan fingerprint density at radius 3 is 2.84 bits per heavy atom. The molecule has 0 saturated carbocycles. The van der Waals surface area contributed by atoms with Crippen LogP contribution in [0.4, 0.5) is 5.69 Å². The van der Waals surface area contributed by atoms with Crippen molar-refractivity contribution in [3.63, 3.8) is 0 Å². The van der Waals surface area contributed by atoms with E-state index < -0.39 is 6.04 Å². The van der Waals surface area contributed by atoms with Crippen LogP contribution in [0.5, 0.6) is 0 Å². The summed E-state index contributed by atoms with van der Waals surface area (Å²) in [5.74, 6) is -0.183. The van der Waals surface area contributed by atoms with Gasteiger partial charge in [-0.1, -0.05) is 18.2 Å². The second-order valence-corrected chi connectivity index (χ2v) is 6.70. The van der Waals surface area contributed by atoms with Crippen molar-refractivity contribution in [1.82, 2.24) is 15.1 Å². The van der Waals surface area contributed by atoms with Crippen LogP contribution in [0.2, 0.25) is 0 Å². The van der Waals surface area contributed by atoms with Crippen LogP contribution in [0, 0.1) is 0 Å². The lowest BCUT2D eigenvalue weighted by molar-refractivity contribution is -0.127. The van der Waals surface area contributed by atoms with Gasteiger partial charge in [-0.25, -0.2) is 0 Å². The van der Waals surface area contributed by atoms with Gasteiger partial charge in [-0.05, 0) is 43.9 Å². The van der Waals surface area contributed by atoms with Crippen LogP contribution < -0.4 is 10.2 Å². The Balaban J connectivity index is 1.58. The summed E-state index contributed by atoms with van der Waals surface area (Å²) < 4.78 is 1.71. The van der Waals surface area contributed by atoms with Crippen molar-refractivity contribution in [2.75, 3.05) is 4.90 Å². The normalized spacial score (nSPS) is 17.2. The molecular weight excluding hydrogens is 316 g/mol. The van der Waals surface area contributed by atoms with Crippen LogP contribution >= 0.6 is 0 Å². The molecule has 2 atom stereocenters. The quantitative estimate of drug-likeness (QED) is 0.903. The second-order valence-electron chi connectivity index (χ2n) is 6.70. The minimum Gasteiger partial charge on any atom is -0.345 e. The molecule has 2 amide bonds. The number of nitrogens with zero attached hydrogens (tertiary/aromatic N) is 3. The molecule has 132 valence electrons. The zero-order valence-electron chi connectivity index (χ0n) is 14.9. The van der Waals surface area contributed by atoms with Crippen LogP contribution in [-0.4, -0.2) is 33.7 Å². The van der Waals surface area contributed by atoms with Crippen molar-refractivity contribution in [3.05, 3.63) is 47.8 Å². The molecule has 0 spiro atoms. The molecule has 1 aliphatic heterocycles. The Morgan fingerprint density at radius 2 is 2.12 bits per heavy atom. The number of para-hydroxylation sites is 1. The molecule has 1 N–H and O–H groups in total. The zero-order chi connectivity index (χ0) is 18.0. The molecule has 0 bridgehead atoms. The maximum Gasteiger partial charge on any atom is 0.249 e. The molecule has 3 rings (SSSR count). The fourth-order valence-electron chi connectivity index (χ4n) is 3.34. The predicted octanol–water partition coefficient (Wildman–Crippen LogP) is 1.84. The number of rotatable bonds is 5. The first-order chi connectivity index (χ1) is 12.0. The third-order valence-corrected chi connectivity index (χ3v) is 4.59. The van der Waals surface area contributed by atoms with Gasteiger partial charge in [0.05, 0.1) is 6.20 Å². The molecule has 1 aliphatic rings. The summed E-state index contributed by atoms with van der Waals surface area (Å²) in [6.07, 6.45) is 5.46. The Labute approximate surface area is 147 Å². The third-order valence-electron chi connectivity index (χ3n) is 4.59. The monoisotopic (exact) mass is 340 g/mol. The fraction of sp³-hybridized carbons (Fsp3) is 0.421. The van der Waals surface area contributed by atoms with Crippen LogP contribution in [0.3, 0.4) is 0 Å². The molecule has 0 radical (unpaired) electrons. The van der Waals surface area contributed by atoms with E-state index in [9.17, 15) is 9.59 Å². The summed E-state index contributed by atoms with van der Waals surface area (Å²) in [4.78, 5) is 26.8. The highest BCUT2D eigenvalue weighted by atomic mass is 16.2. The van der Waals surface area contributed by atoms with Gasteiger partial charge in [0.25, 0.3) is 0 Å². The van der Waals surface area contributed by atoms with Gasteiger partial charge in [-0.3, -0.25) is 14.3 Å². The molecule has 25 heavy (non-hydrogen) atoms. The lowest BCUT2D eigenvalue weighted by Gasteiger charge is -2.26. The Bertz CT molecular complexity index is 783. The van der Waals surface area contributed by atoms with Crippen molar-refractivity contribution in [1.29, 1.82) is 0 Å². The topological polar surface area (TPSA) is 67.2 Å². The van der Waals surface area contributed by atoms with Gasteiger partial charge in [0.2, 0.25) is 11.8 Å². The van der Waals surface area contributed by atoms with Crippen LogP contribution in [0.15, 0.2) is 36.7 Å². The first kappa shape index (κ1) is 17.2. The number of benzene rings is 1. The number of hydrogen-bond acceptors (Lipinski definition) is 3. The maximum absolute atomic E-state index is 12.8. The summed E-state index contributed by atoms with van der Waals surface area (Å²) >= 11 is 0. The van der Waals surface area contributed by atoms with E-state index in [1.807, 2.05) is 38.4 Å².